The normalized spacial score (nSPS) is 10.7. The number of para-hydroxylation sites is 1. The van der Waals surface area contributed by atoms with Crippen molar-refractivity contribution in [3.05, 3.63) is 83.3 Å². The van der Waals surface area contributed by atoms with E-state index in [4.69, 9.17) is 5.11 Å². The summed E-state index contributed by atoms with van der Waals surface area (Å²) >= 11 is 0. The number of aromatic amines is 1. The summed E-state index contributed by atoms with van der Waals surface area (Å²) in [6.45, 7) is 1.97. The molecule has 4 N–H and O–H groups in total. The summed E-state index contributed by atoms with van der Waals surface area (Å²) in [5, 5.41) is 23.2. The molecule has 33 heavy (non-hydrogen) atoms. The Bertz CT molecular complexity index is 1380. The number of hydrogen-bond acceptors (Lipinski definition) is 5. The molecule has 4 aromatic rings. The quantitative estimate of drug-likeness (QED) is 0.343. The van der Waals surface area contributed by atoms with E-state index in [1.165, 1.54) is 0 Å². The van der Waals surface area contributed by atoms with E-state index in [1.807, 2.05) is 61.5 Å². The van der Waals surface area contributed by atoms with Gasteiger partial charge in [0.1, 0.15) is 6.61 Å². The molecule has 0 aliphatic rings. The van der Waals surface area contributed by atoms with Crippen LogP contribution in [0.5, 0.6) is 0 Å². The summed E-state index contributed by atoms with van der Waals surface area (Å²) in [5.74, 6) is 4.94. The molecular formula is C26H23N5O2. The van der Waals surface area contributed by atoms with Gasteiger partial charge in [0.15, 0.2) is 0 Å². The molecule has 0 radical (unpaired) electrons. The Kier molecular flexibility index (Phi) is 6.78. The van der Waals surface area contributed by atoms with Gasteiger partial charge in [-0.05, 0) is 67.1 Å². The standard InChI is InChI=1S/C26H23N5O2/c1-18-12-14-27-19(16-18)9-11-24-21-10-8-20(17-25(21)31-30-24)29-23-7-3-2-6-22(23)26(33)28-13-4-5-15-32/h2-3,6-12,14,16-17,29,32H,13,15H2,1H3,(H,28,33)(H,30,31). The van der Waals surface area contributed by atoms with Crippen molar-refractivity contribution in [1.29, 1.82) is 0 Å². The molecule has 0 bridgehead atoms. The van der Waals surface area contributed by atoms with Crippen LogP contribution in [0.2, 0.25) is 0 Å². The zero-order valence-corrected chi connectivity index (χ0v) is 18.1. The van der Waals surface area contributed by atoms with Crippen molar-refractivity contribution in [3.63, 3.8) is 0 Å². The molecule has 2 aromatic carbocycles. The van der Waals surface area contributed by atoms with Crippen molar-refractivity contribution in [3.8, 4) is 11.8 Å². The monoisotopic (exact) mass is 437 g/mol. The number of nitrogens with one attached hydrogen (secondary N) is 3. The predicted octanol–water partition coefficient (Wildman–Crippen LogP) is 3.91. The molecular weight excluding hydrogens is 414 g/mol. The minimum atomic E-state index is -0.245. The summed E-state index contributed by atoms with van der Waals surface area (Å²) < 4.78 is 0. The van der Waals surface area contributed by atoms with E-state index in [0.29, 0.717) is 11.3 Å². The number of pyridine rings is 1. The predicted molar refractivity (Wildman–Crippen MR) is 131 cm³/mol. The second-order valence-corrected chi connectivity index (χ2v) is 7.33. The van der Waals surface area contributed by atoms with Crippen molar-refractivity contribution in [2.75, 3.05) is 18.5 Å². The van der Waals surface area contributed by atoms with Gasteiger partial charge in [-0.2, -0.15) is 5.10 Å². The summed E-state index contributed by atoms with van der Waals surface area (Å²) in [5.41, 5.74) is 5.72. The van der Waals surface area contributed by atoms with Crippen LogP contribution in [0, 0.1) is 18.8 Å². The minimum Gasteiger partial charge on any atom is -0.384 e. The molecule has 0 aliphatic heterocycles. The summed E-state index contributed by atoms with van der Waals surface area (Å²) in [6.07, 6.45) is 5.66. The van der Waals surface area contributed by atoms with Gasteiger partial charge in [-0.25, -0.2) is 0 Å². The van der Waals surface area contributed by atoms with Gasteiger partial charge in [-0.1, -0.05) is 24.0 Å². The van der Waals surface area contributed by atoms with Crippen molar-refractivity contribution in [2.24, 2.45) is 0 Å². The van der Waals surface area contributed by atoms with Gasteiger partial charge in [0.2, 0.25) is 0 Å². The van der Waals surface area contributed by atoms with E-state index in [0.717, 1.165) is 33.5 Å². The number of carbonyl (C=O) groups is 1. The third-order valence-electron chi connectivity index (χ3n) is 4.93. The third-order valence-corrected chi connectivity index (χ3v) is 4.93. The first-order valence-electron chi connectivity index (χ1n) is 10.4. The third kappa shape index (κ3) is 5.45. The largest absolute Gasteiger partial charge is 0.384 e. The fourth-order valence-corrected chi connectivity index (χ4v) is 3.34. The highest BCUT2D eigenvalue weighted by atomic mass is 16.2. The van der Waals surface area contributed by atoms with Gasteiger partial charge in [0.25, 0.3) is 5.91 Å². The number of aryl methyl sites for hydroxylation is 1. The van der Waals surface area contributed by atoms with Crippen molar-refractivity contribution in [2.45, 2.75) is 6.92 Å². The average Bonchev–Trinajstić information content (AvgIpc) is 3.23. The fourth-order valence-electron chi connectivity index (χ4n) is 3.34. The Morgan fingerprint density at radius 3 is 2.85 bits per heavy atom. The zero-order valence-electron chi connectivity index (χ0n) is 18.1. The van der Waals surface area contributed by atoms with Crippen molar-refractivity contribution >= 4 is 40.3 Å². The van der Waals surface area contributed by atoms with E-state index in [1.54, 1.807) is 18.3 Å². The second-order valence-electron chi connectivity index (χ2n) is 7.33. The van der Waals surface area contributed by atoms with E-state index in [-0.39, 0.29) is 19.1 Å². The molecule has 4 rings (SSSR count). The number of rotatable bonds is 6. The molecule has 0 unspecified atom stereocenters. The Balaban J connectivity index is 1.52. The van der Waals surface area contributed by atoms with Gasteiger partial charge < -0.3 is 15.7 Å². The topological polar surface area (TPSA) is 103 Å². The molecule has 1 amide bonds. The van der Waals surface area contributed by atoms with E-state index in [9.17, 15) is 4.79 Å². The van der Waals surface area contributed by atoms with Crippen LogP contribution < -0.4 is 10.6 Å². The molecule has 0 atom stereocenters. The van der Waals surface area contributed by atoms with Crippen LogP contribution in [0.3, 0.4) is 0 Å². The minimum absolute atomic E-state index is 0.169. The number of anilines is 2. The van der Waals surface area contributed by atoms with Gasteiger partial charge in [-0.3, -0.25) is 14.9 Å². The number of aliphatic hydroxyl groups excluding tert-OH is 1. The highest BCUT2D eigenvalue weighted by molar-refractivity contribution is 6.00. The fraction of sp³-hybridized carbons (Fsp3) is 0.115. The van der Waals surface area contributed by atoms with Crippen molar-refractivity contribution < 1.29 is 9.90 Å². The number of aliphatic hydroxyl groups is 1. The maximum Gasteiger partial charge on any atom is 0.254 e. The number of amides is 1. The number of carbonyl (C=O) groups excluding carboxylic acids is 1. The molecule has 0 aliphatic carbocycles. The summed E-state index contributed by atoms with van der Waals surface area (Å²) in [6, 6.07) is 17.1. The van der Waals surface area contributed by atoms with Crippen LogP contribution in [0.25, 0.3) is 23.1 Å². The lowest BCUT2D eigenvalue weighted by Crippen LogP contribution is -2.24. The zero-order chi connectivity index (χ0) is 23.0. The van der Waals surface area contributed by atoms with Crippen LogP contribution in [0.4, 0.5) is 11.4 Å². The lowest BCUT2D eigenvalue weighted by atomic mass is 10.1. The second kappa shape index (κ2) is 10.3. The van der Waals surface area contributed by atoms with Crippen LogP contribution >= 0.6 is 0 Å². The first-order valence-corrected chi connectivity index (χ1v) is 10.4. The Hall–Kier alpha value is -4.41. The van der Waals surface area contributed by atoms with Gasteiger partial charge in [0.05, 0.1) is 34.7 Å². The number of nitrogens with zero attached hydrogens (tertiary/aromatic N) is 2. The van der Waals surface area contributed by atoms with Gasteiger partial charge in [0, 0.05) is 17.3 Å². The van der Waals surface area contributed by atoms with Crippen molar-refractivity contribution in [1.82, 2.24) is 20.5 Å². The maximum absolute atomic E-state index is 12.5. The van der Waals surface area contributed by atoms with Crippen LogP contribution in [-0.4, -0.2) is 39.3 Å². The first-order chi connectivity index (χ1) is 16.1. The lowest BCUT2D eigenvalue weighted by molar-refractivity contribution is 0.0959. The molecule has 7 heteroatoms. The Labute approximate surface area is 191 Å². The van der Waals surface area contributed by atoms with E-state index in [2.05, 4.69) is 37.7 Å². The first kappa shape index (κ1) is 21.8. The highest BCUT2D eigenvalue weighted by Gasteiger charge is 2.11. The average molecular weight is 438 g/mol. The number of hydrogen-bond donors (Lipinski definition) is 4. The summed E-state index contributed by atoms with van der Waals surface area (Å²) in [4.78, 5) is 16.9. The number of benzene rings is 2. The molecule has 2 heterocycles. The molecule has 7 nitrogen and oxygen atoms in total. The molecule has 0 fully saturated rings. The van der Waals surface area contributed by atoms with Gasteiger partial charge in [-0.15, -0.1) is 0 Å². The smallest absolute Gasteiger partial charge is 0.254 e. The molecule has 164 valence electrons. The van der Waals surface area contributed by atoms with E-state index < -0.39 is 0 Å². The van der Waals surface area contributed by atoms with Crippen LogP contribution in [-0.2, 0) is 0 Å². The van der Waals surface area contributed by atoms with Crippen LogP contribution in [0.15, 0.2) is 60.8 Å². The summed E-state index contributed by atoms with van der Waals surface area (Å²) in [7, 11) is 0. The maximum atomic E-state index is 12.5. The number of aromatic nitrogens is 3. The van der Waals surface area contributed by atoms with Crippen LogP contribution in [0.1, 0.15) is 27.3 Å². The molecule has 0 spiro atoms. The molecule has 2 aromatic heterocycles. The molecule has 0 saturated heterocycles. The number of H-pyrrole nitrogens is 1. The molecule has 0 saturated carbocycles. The Morgan fingerprint density at radius 1 is 1.12 bits per heavy atom. The van der Waals surface area contributed by atoms with Gasteiger partial charge >= 0.3 is 0 Å². The number of fused-ring (bicyclic) bond motifs is 1. The highest BCUT2D eigenvalue weighted by Crippen LogP contribution is 2.26. The van der Waals surface area contributed by atoms with E-state index >= 15 is 0 Å². The lowest BCUT2D eigenvalue weighted by Gasteiger charge is -2.11. The Morgan fingerprint density at radius 2 is 2.00 bits per heavy atom. The SMILES string of the molecule is Cc1ccnc(C=Cc2n[nH]c3cc(Nc4ccccc4C(=O)NCC#CCO)ccc23)c1.